The third kappa shape index (κ3) is 4.60. The van der Waals surface area contributed by atoms with Crippen molar-refractivity contribution in [2.75, 3.05) is 18.4 Å². The molecule has 7 heteroatoms. The number of carbonyl (C=O) groups is 2. The minimum absolute atomic E-state index is 0.209. The number of carboxylic acids is 1. The fraction of sp³-hybridized carbons (Fsp3) is 0.467. The first kappa shape index (κ1) is 17.1. The number of benzene rings is 1. The van der Waals surface area contributed by atoms with Crippen LogP contribution in [0, 0.1) is 0 Å². The second-order valence-electron chi connectivity index (χ2n) is 5.31. The van der Waals surface area contributed by atoms with Crippen molar-refractivity contribution in [3.8, 4) is 0 Å². The molecule has 0 bridgehead atoms. The molecule has 1 heterocycles. The van der Waals surface area contributed by atoms with Crippen LogP contribution >= 0.6 is 23.2 Å². The highest BCUT2D eigenvalue weighted by Crippen LogP contribution is 2.25. The molecule has 120 valence electrons. The van der Waals surface area contributed by atoms with Crippen LogP contribution in [0.2, 0.25) is 10.0 Å². The number of carbonyl (C=O) groups excluding carboxylic acids is 1. The van der Waals surface area contributed by atoms with Crippen LogP contribution in [-0.4, -0.2) is 41.0 Å². The van der Waals surface area contributed by atoms with Crippen LogP contribution in [-0.2, 0) is 9.59 Å². The topological polar surface area (TPSA) is 69.6 Å². The number of aliphatic carboxylic acids is 1. The first-order valence-electron chi connectivity index (χ1n) is 7.19. The summed E-state index contributed by atoms with van der Waals surface area (Å²) >= 11 is 11.9. The average molecular weight is 345 g/mol. The zero-order valence-corrected chi connectivity index (χ0v) is 13.5. The third-order valence-electron chi connectivity index (χ3n) is 3.73. The van der Waals surface area contributed by atoms with Crippen LogP contribution in [0.15, 0.2) is 18.2 Å². The Morgan fingerprint density at radius 2 is 2.09 bits per heavy atom. The SMILES string of the molecule is O=C(CCN1CCCCC1C(=O)O)Nc1cc(Cl)ccc1Cl. The third-order valence-corrected chi connectivity index (χ3v) is 4.29. The number of likely N-dealkylation sites (tertiary alicyclic amines) is 1. The molecule has 2 rings (SSSR count). The summed E-state index contributed by atoms with van der Waals surface area (Å²) in [5, 5.41) is 12.8. The van der Waals surface area contributed by atoms with E-state index in [9.17, 15) is 14.7 Å². The molecule has 0 aromatic heterocycles. The summed E-state index contributed by atoms with van der Waals surface area (Å²) in [5.74, 6) is -1.03. The molecule has 1 unspecified atom stereocenters. The molecule has 2 N–H and O–H groups in total. The summed E-state index contributed by atoms with van der Waals surface area (Å²) in [6, 6.07) is 4.36. The smallest absolute Gasteiger partial charge is 0.320 e. The Hall–Kier alpha value is -1.30. The van der Waals surface area contributed by atoms with E-state index in [1.807, 2.05) is 4.90 Å². The molecule has 1 amide bonds. The monoisotopic (exact) mass is 344 g/mol. The maximum absolute atomic E-state index is 12.0. The van der Waals surface area contributed by atoms with Crippen LogP contribution in [0.4, 0.5) is 5.69 Å². The van der Waals surface area contributed by atoms with Crippen LogP contribution < -0.4 is 5.32 Å². The highest BCUT2D eigenvalue weighted by atomic mass is 35.5. The Balaban J connectivity index is 1.89. The molecule has 1 atom stereocenters. The number of hydrogen-bond acceptors (Lipinski definition) is 3. The number of hydrogen-bond donors (Lipinski definition) is 2. The van der Waals surface area contributed by atoms with Gasteiger partial charge in [0.15, 0.2) is 0 Å². The van der Waals surface area contributed by atoms with Crippen LogP contribution in [0.1, 0.15) is 25.7 Å². The Morgan fingerprint density at radius 1 is 1.32 bits per heavy atom. The van der Waals surface area contributed by atoms with Gasteiger partial charge >= 0.3 is 5.97 Å². The summed E-state index contributed by atoms with van der Waals surface area (Å²) in [6.07, 6.45) is 2.73. The van der Waals surface area contributed by atoms with Crippen LogP contribution in [0.5, 0.6) is 0 Å². The molecule has 1 aromatic carbocycles. The normalized spacial score (nSPS) is 18.9. The van der Waals surface area contributed by atoms with Gasteiger partial charge in [-0.15, -0.1) is 0 Å². The second-order valence-corrected chi connectivity index (χ2v) is 6.15. The predicted octanol–water partition coefficient (Wildman–Crippen LogP) is 3.26. The number of halogens is 2. The maximum Gasteiger partial charge on any atom is 0.320 e. The zero-order chi connectivity index (χ0) is 16.1. The molecular weight excluding hydrogens is 327 g/mol. The highest BCUT2D eigenvalue weighted by Gasteiger charge is 2.28. The van der Waals surface area contributed by atoms with Gasteiger partial charge < -0.3 is 10.4 Å². The molecule has 0 saturated carbocycles. The van der Waals surface area contributed by atoms with Crippen molar-refractivity contribution in [2.24, 2.45) is 0 Å². The summed E-state index contributed by atoms with van der Waals surface area (Å²) in [4.78, 5) is 25.1. The van der Waals surface area contributed by atoms with Gasteiger partial charge in [0, 0.05) is 18.0 Å². The predicted molar refractivity (Wildman–Crippen MR) is 86.6 cm³/mol. The van der Waals surface area contributed by atoms with E-state index in [0.717, 1.165) is 12.8 Å². The number of piperidine rings is 1. The van der Waals surface area contributed by atoms with E-state index in [1.165, 1.54) is 0 Å². The summed E-state index contributed by atoms with van der Waals surface area (Å²) < 4.78 is 0. The fourth-order valence-corrected chi connectivity index (χ4v) is 2.93. The molecule has 1 fully saturated rings. The van der Waals surface area contributed by atoms with E-state index < -0.39 is 12.0 Å². The largest absolute Gasteiger partial charge is 0.480 e. The number of rotatable bonds is 5. The Labute approximate surface area is 139 Å². The molecular formula is C15H18Cl2N2O3. The van der Waals surface area contributed by atoms with E-state index in [0.29, 0.717) is 35.2 Å². The van der Waals surface area contributed by atoms with Crippen molar-refractivity contribution in [1.82, 2.24) is 4.90 Å². The fourth-order valence-electron chi connectivity index (χ4n) is 2.59. The number of carboxylic acid groups (broad SMARTS) is 1. The van der Waals surface area contributed by atoms with Crippen molar-refractivity contribution in [2.45, 2.75) is 31.7 Å². The molecule has 1 saturated heterocycles. The molecule has 22 heavy (non-hydrogen) atoms. The van der Waals surface area contributed by atoms with Gasteiger partial charge in [-0.3, -0.25) is 14.5 Å². The first-order chi connectivity index (χ1) is 10.5. The van der Waals surface area contributed by atoms with Gasteiger partial charge in [0.1, 0.15) is 6.04 Å². The van der Waals surface area contributed by atoms with Gasteiger partial charge in [-0.1, -0.05) is 29.6 Å². The van der Waals surface area contributed by atoms with E-state index in [-0.39, 0.29) is 12.3 Å². The molecule has 1 aliphatic rings. The van der Waals surface area contributed by atoms with Crippen LogP contribution in [0.25, 0.3) is 0 Å². The zero-order valence-electron chi connectivity index (χ0n) is 12.0. The summed E-state index contributed by atoms with van der Waals surface area (Å²) in [6.45, 7) is 1.13. The Morgan fingerprint density at radius 3 is 2.82 bits per heavy atom. The standard InChI is InChI=1S/C15H18Cl2N2O3/c16-10-4-5-11(17)12(9-10)18-14(20)6-8-19-7-2-1-3-13(19)15(21)22/h4-5,9,13H,1-3,6-8H2,(H,18,20)(H,21,22). The van der Waals surface area contributed by atoms with Crippen molar-refractivity contribution >= 4 is 40.8 Å². The van der Waals surface area contributed by atoms with Gasteiger partial charge in [-0.2, -0.15) is 0 Å². The van der Waals surface area contributed by atoms with Gasteiger partial charge in [0.25, 0.3) is 0 Å². The van der Waals surface area contributed by atoms with Gasteiger partial charge in [0.05, 0.1) is 10.7 Å². The number of nitrogens with one attached hydrogen (secondary N) is 1. The van der Waals surface area contributed by atoms with Crippen molar-refractivity contribution in [1.29, 1.82) is 0 Å². The van der Waals surface area contributed by atoms with Gasteiger partial charge in [-0.25, -0.2) is 0 Å². The van der Waals surface area contributed by atoms with E-state index in [4.69, 9.17) is 23.2 Å². The molecule has 0 spiro atoms. The summed E-state index contributed by atoms with van der Waals surface area (Å²) in [7, 11) is 0. The van der Waals surface area contributed by atoms with E-state index in [2.05, 4.69) is 5.32 Å². The van der Waals surface area contributed by atoms with E-state index >= 15 is 0 Å². The first-order valence-corrected chi connectivity index (χ1v) is 7.94. The number of amides is 1. The van der Waals surface area contributed by atoms with Crippen molar-refractivity contribution in [3.63, 3.8) is 0 Å². The number of nitrogens with zero attached hydrogens (tertiary/aromatic N) is 1. The van der Waals surface area contributed by atoms with Crippen molar-refractivity contribution in [3.05, 3.63) is 28.2 Å². The number of anilines is 1. The average Bonchev–Trinajstić information content (AvgIpc) is 2.49. The molecule has 1 aromatic rings. The quantitative estimate of drug-likeness (QED) is 0.859. The van der Waals surface area contributed by atoms with Crippen LogP contribution in [0.3, 0.4) is 0 Å². The molecule has 1 aliphatic heterocycles. The van der Waals surface area contributed by atoms with Gasteiger partial charge in [-0.05, 0) is 37.6 Å². The lowest BCUT2D eigenvalue weighted by Gasteiger charge is -2.32. The highest BCUT2D eigenvalue weighted by molar-refractivity contribution is 6.35. The lowest BCUT2D eigenvalue weighted by Crippen LogP contribution is -2.45. The van der Waals surface area contributed by atoms with Gasteiger partial charge in [0.2, 0.25) is 5.91 Å². The molecule has 0 aliphatic carbocycles. The molecule has 5 nitrogen and oxygen atoms in total. The molecule has 0 radical (unpaired) electrons. The maximum atomic E-state index is 12.0. The second kappa shape index (κ2) is 7.81. The van der Waals surface area contributed by atoms with Crippen molar-refractivity contribution < 1.29 is 14.7 Å². The lowest BCUT2D eigenvalue weighted by atomic mass is 10.0. The Kier molecular flexibility index (Phi) is 6.06. The summed E-state index contributed by atoms with van der Waals surface area (Å²) in [5.41, 5.74) is 0.465. The van der Waals surface area contributed by atoms with E-state index in [1.54, 1.807) is 18.2 Å². The Bertz CT molecular complexity index is 566. The lowest BCUT2D eigenvalue weighted by molar-refractivity contribution is -0.144. The minimum Gasteiger partial charge on any atom is -0.480 e. The minimum atomic E-state index is -0.821.